The van der Waals surface area contributed by atoms with E-state index in [1.165, 1.54) is 4.52 Å². The fourth-order valence-corrected chi connectivity index (χ4v) is 2.52. The number of nitrogens with zero attached hydrogens (tertiary/aromatic N) is 4. The molecule has 1 aromatic carbocycles. The fraction of sp³-hybridized carbons (Fsp3) is 0.222. The minimum atomic E-state index is -0.505. The third kappa shape index (κ3) is 3.25. The van der Waals surface area contributed by atoms with Gasteiger partial charge in [0.25, 0.3) is 0 Å². The molecule has 2 heterocycles. The van der Waals surface area contributed by atoms with E-state index in [1.54, 1.807) is 25.4 Å². The molecule has 6 heteroatoms. The standard InChI is InChI=1S/C18H16N4O2/c1-13-16(17-20-8-5-9-22(17)21-13)18(23)24-12-15(11-19)10-14-6-3-2-4-7-14/h2-9,15H,10,12H2,1H3/t15-/m1/s1. The first-order valence-corrected chi connectivity index (χ1v) is 7.59. The van der Waals surface area contributed by atoms with Gasteiger partial charge in [0.05, 0.1) is 17.7 Å². The number of rotatable bonds is 5. The zero-order valence-corrected chi connectivity index (χ0v) is 13.2. The third-order valence-electron chi connectivity index (χ3n) is 3.70. The molecule has 0 saturated heterocycles. The lowest BCUT2D eigenvalue weighted by molar-refractivity contribution is 0.0469. The molecule has 3 aromatic rings. The van der Waals surface area contributed by atoms with Crippen LogP contribution in [0, 0.1) is 24.2 Å². The number of hydrogen-bond donors (Lipinski definition) is 0. The highest BCUT2D eigenvalue weighted by atomic mass is 16.5. The summed E-state index contributed by atoms with van der Waals surface area (Å²) in [6.45, 7) is 1.77. The van der Waals surface area contributed by atoms with Crippen molar-refractivity contribution in [2.45, 2.75) is 13.3 Å². The molecule has 0 unspecified atom stereocenters. The Morgan fingerprint density at radius 3 is 2.88 bits per heavy atom. The van der Waals surface area contributed by atoms with Gasteiger partial charge >= 0.3 is 5.97 Å². The highest BCUT2D eigenvalue weighted by molar-refractivity contribution is 5.97. The summed E-state index contributed by atoms with van der Waals surface area (Å²) < 4.78 is 6.89. The van der Waals surface area contributed by atoms with E-state index in [0.29, 0.717) is 23.3 Å². The molecule has 0 aliphatic heterocycles. The van der Waals surface area contributed by atoms with Crippen LogP contribution >= 0.6 is 0 Å². The monoisotopic (exact) mass is 320 g/mol. The molecule has 2 aromatic heterocycles. The van der Waals surface area contributed by atoms with E-state index in [-0.39, 0.29) is 6.61 Å². The third-order valence-corrected chi connectivity index (χ3v) is 3.70. The van der Waals surface area contributed by atoms with Gasteiger partial charge in [-0.15, -0.1) is 0 Å². The largest absolute Gasteiger partial charge is 0.461 e. The van der Waals surface area contributed by atoms with Crippen LogP contribution in [-0.2, 0) is 11.2 Å². The molecule has 120 valence electrons. The lowest BCUT2D eigenvalue weighted by Gasteiger charge is -2.10. The van der Waals surface area contributed by atoms with Gasteiger partial charge in [0.15, 0.2) is 5.65 Å². The highest BCUT2D eigenvalue weighted by Crippen LogP contribution is 2.15. The van der Waals surface area contributed by atoms with Gasteiger partial charge in [-0.2, -0.15) is 10.4 Å². The van der Waals surface area contributed by atoms with E-state index >= 15 is 0 Å². The molecule has 0 radical (unpaired) electrons. The number of carbonyl (C=O) groups is 1. The lowest BCUT2D eigenvalue weighted by Crippen LogP contribution is -2.16. The van der Waals surface area contributed by atoms with Crippen molar-refractivity contribution in [1.29, 1.82) is 5.26 Å². The Bertz CT molecular complexity index is 896. The van der Waals surface area contributed by atoms with Crippen LogP contribution in [0.2, 0.25) is 0 Å². The molecule has 0 N–H and O–H groups in total. The van der Waals surface area contributed by atoms with Crippen LogP contribution in [0.3, 0.4) is 0 Å². The summed E-state index contributed by atoms with van der Waals surface area (Å²) >= 11 is 0. The average Bonchev–Trinajstić information content (AvgIpc) is 2.95. The summed E-state index contributed by atoms with van der Waals surface area (Å²) in [4.78, 5) is 16.6. The number of ether oxygens (including phenoxy) is 1. The van der Waals surface area contributed by atoms with Gasteiger partial charge in [-0.25, -0.2) is 14.3 Å². The second kappa shape index (κ2) is 6.92. The Labute approximate surface area is 139 Å². The molecule has 0 fully saturated rings. The summed E-state index contributed by atoms with van der Waals surface area (Å²) in [5.74, 6) is -0.902. The van der Waals surface area contributed by atoms with Gasteiger partial charge in [-0.3, -0.25) is 0 Å². The van der Waals surface area contributed by atoms with Crippen LogP contribution in [0.1, 0.15) is 21.6 Å². The summed E-state index contributed by atoms with van der Waals surface area (Å²) in [5.41, 5.74) is 2.38. The first-order chi connectivity index (χ1) is 11.7. The predicted octanol–water partition coefficient (Wildman–Crippen LogP) is 2.58. The first kappa shape index (κ1) is 15.7. The second-order valence-electron chi connectivity index (χ2n) is 5.46. The lowest BCUT2D eigenvalue weighted by atomic mass is 10.0. The molecule has 0 aliphatic carbocycles. The van der Waals surface area contributed by atoms with E-state index in [9.17, 15) is 10.1 Å². The van der Waals surface area contributed by atoms with Crippen LogP contribution < -0.4 is 0 Å². The van der Waals surface area contributed by atoms with E-state index in [4.69, 9.17) is 4.74 Å². The maximum absolute atomic E-state index is 12.4. The molecule has 24 heavy (non-hydrogen) atoms. The SMILES string of the molecule is Cc1nn2cccnc2c1C(=O)OC[C@@H](C#N)Cc1ccccc1. The molecule has 0 amide bonds. The zero-order chi connectivity index (χ0) is 16.9. The summed E-state index contributed by atoms with van der Waals surface area (Å²) in [6.07, 6.45) is 3.86. The van der Waals surface area contributed by atoms with Crippen molar-refractivity contribution < 1.29 is 9.53 Å². The van der Waals surface area contributed by atoms with Crippen LogP contribution in [0.15, 0.2) is 48.8 Å². The minimum Gasteiger partial charge on any atom is -0.461 e. The van der Waals surface area contributed by atoms with Crippen LogP contribution in [0.5, 0.6) is 0 Å². The Morgan fingerprint density at radius 2 is 2.12 bits per heavy atom. The van der Waals surface area contributed by atoms with Crippen molar-refractivity contribution in [3.05, 3.63) is 65.6 Å². The van der Waals surface area contributed by atoms with Gasteiger partial charge in [0.1, 0.15) is 12.2 Å². The van der Waals surface area contributed by atoms with Crippen molar-refractivity contribution in [3.63, 3.8) is 0 Å². The molecular weight excluding hydrogens is 304 g/mol. The number of aromatic nitrogens is 3. The Kier molecular flexibility index (Phi) is 4.52. The predicted molar refractivity (Wildman–Crippen MR) is 87.3 cm³/mol. The van der Waals surface area contributed by atoms with E-state index in [0.717, 1.165) is 5.56 Å². The number of benzene rings is 1. The van der Waals surface area contributed by atoms with E-state index in [2.05, 4.69) is 16.2 Å². The van der Waals surface area contributed by atoms with Gasteiger partial charge < -0.3 is 4.74 Å². The normalized spacial score (nSPS) is 11.8. The van der Waals surface area contributed by atoms with Gasteiger partial charge in [0, 0.05) is 12.4 Å². The number of hydrogen-bond acceptors (Lipinski definition) is 5. The highest BCUT2D eigenvalue weighted by Gasteiger charge is 2.21. The molecule has 0 bridgehead atoms. The average molecular weight is 320 g/mol. The number of aryl methyl sites for hydroxylation is 1. The smallest absolute Gasteiger partial charge is 0.343 e. The zero-order valence-electron chi connectivity index (χ0n) is 13.2. The van der Waals surface area contributed by atoms with Gasteiger partial charge in [-0.1, -0.05) is 30.3 Å². The summed E-state index contributed by atoms with van der Waals surface area (Å²) in [5, 5.41) is 13.5. The summed E-state index contributed by atoms with van der Waals surface area (Å²) in [7, 11) is 0. The van der Waals surface area contributed by atoms with Crippen LogP contribution in [0.25, 0.3) is 5.65 Å². The van der Waals surface area contributed by atoms with Crippen molar-refractivity contribution >= 4 is 11.6 Å². The Balaban J connectivity index is 1.70. The first-order valence-electron chi connectivity index (χ1n) is 7.59. The van der Waals surface area contributed by atoms with Crippen LogP contribution in [-0.4, -0.2) is 27.2 Å². The van der Waals surface area contributed by atoms with E-state index in [1.807, 2.05) is 30.3 Å². The molecular formula is C18H16N4O2. The molecule has 3 rings (SSSR count). The van der Waals surface area contributed by atoms with Crippen molar-refractivity contribution in [2.24, 2.45) is 5.92 Å². The van der Waals surface area contributed by atoms with E-state index < -0.39 is 11.9 Å². The molecule has 1 atom stereocenters. The maximum Gasteiger partial charge on any atom is 0.343 e. The Hall–Kier alpha value is -3.20. The molecule has 6 nitrogen and oxygen atoms in total. The maximum atomic E-state index is 12.4. The summed E-state index contributed by atoms with van der Waals surface area (Å²) in [6, 6.07) is 13.6. The molecule has 0 spiro atoms. The second-order valence-corrected chi connectivity index (χ2v) is 5.46. The number of esters is 1. The Morgan fingerprint density at radius 1 is 1.33 bits per heavy atom. The topological polar surface area (TPSA) is 80.3 Å². The van der Waals surface area contributed by atoms with Crippen molar-refractivity contribution in [1.82, 2.24) is 14.6 Å². The van der Waals surface area contributed by atoms with Crippen LogP contribution in [0.4, 0.5) is 0 Å². The quantitative estimate of drug-likeness (QED) is 0.675. The number of carbonyl (C=O) groups excluding carboxylic acids is 1. The fourth-order valence-electron chi connectivity index (χ4n) is 2.52. The van der Waals surface area contributed by atoms with Gasteiger partial charge in [-0.05, 0) is 25.0 Å². The number of fused-ring (bicyclic) bond motifs is 1. The number of nitriles is 1. The minimum absolute atomic E-state index is 0.0356. The molecule has 0 aliphatic rings. The van der Waals surface area contributed by atoms with Crippen molar-refractivity contribution in [3.8, 4) is 6.07 Å². The molecule has 0 saturated carbocycles. The van der Waals surface area contributed by atoms with Gasteiger partial charge in [0.2, 0.25) is 0 Å². The van der Waals surface area contributed by atoms with Crippen molar-refractivity contribution in [2.75, 3.05) is 6.61 Å².